The molecule has 1 atom stereocenters. The van der Waals surface area contributed by atoms with Crippen molar-refractivity contribution in [1.82, 2.24) is 24.4 Å². The minimum Gasteiger partial charge on any atom is -0.490 e. The predicted octanol–water partition coefficient (Wildman–Crippen LogP) is 5.85. The van der Waals surface area contributed by atoms with E-state index in [0.717, 1.165) is 51.9 Å². The number of aryl methyl sites for hydroxylation is 2. The molecule has 2 amide bonds. The number of carbonyl (C=O) groups excluding carboxylic acids is 2. The van der Waals surface area contributed by atoms with E-state index in [4.69, 9.17) is 18.9 Å². The number of carbonyl (C=O) groups is 2. The Balaban J connectivity index is 0.829. The Hall–Kier alpha value is -5.20. The van der Waals surface area contributed by atoms with Gasteiger partial charge in [0.05, 0.1) is 71.1 Å². The molecule has 1 aliphatic heterocycles. The Bertz CT molecular complexity index is 2620. The van der Waals surface area contributed by atoms with Gasteiger partial charge in [-0.1, -0.05) is 19.4 Å². The van der Waals surface area contributed by atoms with Gasteiger partial charge in [-0.25, -0.2) is 18.2 Å². The first kappa shape index (κ1) is 41.9. The lowest BCUT2D eigenvalue weighted by atomic mass is 10.1. The van der Waals surface area contributed by atoms with Gasteiger partial charge in [0, 0.05) is 49.1 Å². The topological polar surface area (TPSA) is 182 Å². The van der Waals surface area contributed by atoms with Crippen LogP contribution in [0.3, 0.4) is 0 Å². The Morgan fingerprint density at radius 1 is 0.864 bits per heavy atom. The van der Waals surface area contributed by atoms with Crippen molar-refractivity contribution in [1.29, 1.82) is 0 Å². The lowest BCUT2D eigenvalue weighted by molar-refractivity contribution is -0.135. The number of nitrogens with zero attached hydrogens (tertiary/aromatic N) is 4. The molecular formula is C42H48N6O9S2. The quantitative estimate of drug-likeness (QED) is 0.0652. The Labute approximate surface area is 345 Å². The standard InChI is InChI=1S/C42H48N6O9S2/c1-3-4-22-59(52,53)39-25-30-31(45-29-8-11-38-33(24-29)44-27-58-38)13-14-43-32(30)26-37(39)57-21-20-56-19-18-55-17-16-54-15-5-6-28-7-9-34-36(23-28)47(2)42(51)48(34)35-10-12-40(49)46-41(35)50/h7-9,11,13-14,23-27,35H,3-6,10,12,15-22H2,1-2H3,(H,43,45)(H,46,49,50). The molecule has 3 aromatic carbocycles. The van der Waals surface area contributed by atoms with Crippen LogP contribution in [0, 0.1) is 0 Å². The number of nitrogens with one attached hydrogen (secondary N) is 2. The Morgan fingerprint density at radius 2 is 1.64 bits per heavy atom. The van der Waals surface area contributed by atoms with Crippen LogP contribution in [0.25, 0.3) is 32.2 Å². The number of rotatable bonds is 21. The number of hydrogen-bond acceptors (Lipinski definition) is 13. The molecule has 3 aromatic heterocycles. The molecule has 1 unspecified atom stereocenters. The van der Waals surface area contributed by atoms with Gasteiger partial charge in [0.2, 0.25) is 11.8 Å². The maximum atomic E-state index is 13.5. The van der Waals surface area contributed by atoms with Crippen LogP contribution in [-0.2, 0) is 47.1 Å². The van der Waals surface area contributed by atoms with Gasteiger partial charge in [0.1, 0.15) is 23.3 Å². The van der Waals surface area contributed by atoms with Gasteiger partial charge in [-0.3, -0.25) is 29.0 Å². The van der Waals surface area contributed by atoms with E-state index >= 15 is 0 Å². The molecule has 2 N–H and O–H groups in total. The van der Waals surface area contributed by atoms with Crippen molar-refractivity contribution in [3.05, 3.63) is 82.4 Å². The Morgan fingerprint density at radius 3 is 2.42 bits per heavy atom. The highest BCUT2D eigenvalue weighted by molar-refractivity contribution is 7.91. The highest BCUT2D eigenvalue weighted by atomic mass is 32.2. The van der Waals surface area contributed by atoms with E-state index in [1.54, 1.807) is 42.2 Å². The van der Waals surface area contributed by atoms with E-state index in [1.165, 1.54) is 9.13 Å². The molecule has 15 nitrogen and oxygen atoms in total. The minimum absolute atomic E-state index is 0.0106. The zero-order chi connectivity index (χ0) is 41.4. The number of benzene rings is 3. The zero-order valence-electron chi connectivity index (χ0n) is 33.1. The number of sulfone groups is 1. The number of amides is 2. The van der Waals surface area contributed by atoms with E-state index in [2.05, 4.69) is 20.6 Å². The number of aromatic nitrogens is 4. The summed E-state index contributed by atoms with van der Waals surface area (Å²) >= 11 is 1.57. The molecule has 0 aliphatic carbocycles. The number of hydrogen-bond donors (Lipinski definition) is 2. The first-order chi connectivity index (χ1) is 28.6. The number of imidazole rings is 1. The number of fused-ring (bicyclic) bond motifs is 3. The summed E-state index contributed by atoms with van der Waals surface area (Å²) in [4.78, 5) is 46.1. The van der Waals surface area contributed by atoms with Crippen LogP contribution in [0.15, 0.2) is 76.0 Å². The van der Waals surface area contributed by atoms with Gasteiger partial charge in [0.15, 0.2) is 9.84 Å². The number of pyridine rings is 1. The Kier molecular flexibility index (Phi) is 13.7. The third-order valence-corrected chi connectivity index (χ3v) is 12.8. The second-order valence-electron chi connectivity index (χ2n) is 14.3. The van der Waals surface area contributed by atoms with Gasteiger partial charge in [-0.2, -0.15) is 0 Å². The molecule has 6 aromatic rings. The largest absolute Gasteiger partial charge is 0.490 e. The fraction of sp³-hybridized carbons (Fsp3) is 0.405. The smallest absolute Gasteiger partial charge is 0.329 e. The highest BCUT2D eigenvalue weighted by Crippen LogP contribution is 2.35. The maximum Gasteiger partial charge on any atom is 0.329 e. The summed E-state index contributed by atoms with van der Waals surface area (Å²) in [5.74, 6) is -0.516. The van der Waals surface area contributed by atoms with E-state index in [-0.39, 0.29) is 47.6 Å². The number of imide groups is 1. The molecule has 1 fully saturated rings. The predicted molar refractivity (Wildman–Crippen MR) is 226 cm³/mol. The molecule has 59 heavy (non-hydrogen) atoms. The fourth-order valence-electron chi connectivity index (χ4n) is 7.08. The maximum absolute atomic E-state index is 13.5. The lowest BCUT2D eigenvalue weighted by Gasteiger charge is -2.21. The van der Waals surface area contributed by atoms with Crippen LogP contribution in [0.1, 0.15) is 50.6 Å². The van der Waals surface area contributed by atoms with Crippen molar-refractivity contribution < 1.29 is 37.0 Å². The van der Waals surface area contributed by atoms with Crippen LogP contribution in [0.4, 0.5) is 11.4 Å². The summed E-state index contributed by atoms with van der Waals surface area (Å²) in [5.41, 5.74) is 6.99. The lowest BCUT2D eigenvalue weighted by Crippen LogP contribution is -2.44. The molecule has 312 valence electrons. The second kappa shape index (κ2) is 19.2. The average molecular weight is 845 g/mol. The van der Waals surface area contributed by atoms with Crippen LogP contribution in [0.5, 0.6) is 5.75 Å². The van der Waals surface area contributed by atoms with Gasteiger partial charge >= 0.3 is 5.69 Å². The third kappa shape index (κ3) is 9.99. The van der Waals surface area contributed by atoms with E-state index in [9.17, 15) is 22.8 Å². The van der Waals surface area contributed by atoms with E-state index in [1.807, 2.05) is 49.4 Å². The first-order valence-electron chi connectivity index (χ1n) is 19.8. The first-order valence-corrected chi connectivity index (χ1v) is 22.3. The van der Waals surface area contributed by atoms with Crippen LogP contribution >= 0.6 is 11.3 Å². The third-order valence-electron chi connectivity index (χ3n) is 10.2. The van der Waals surface area contributed by atoms with Crippen molar-refractivity contribution in [2.75, 3.05) is 57.3 Å². The molecule has 0 spiro atoms. The molecule has 0 bridgehead atoms. The normalized spacial score (nSPS) is 14.7. The van der Waals surface area contributed by atoms with Crippen LogP contribution in [-0.4, -0.2) is 91.3 Å². The summed E-state index contributed by atoms with van der Waals surface area (Å²) in [6.45, 7) is 4.40. The molecule has 4 heterocycles. The molecule has 0 radical (unpaired) electrons. The monoisotopic (exact) mass is 844 g/mol. The summed E-state index contributed by atoms with van der Waals surface area (Å²) in [5, 5.41) is 6.41. The number of unbranched alkanes of at least 4 members (excludes halogenated alkanes) is 1. The number of thiazole rings is 1. The summed E-state index contributed by atoms with van der Waals surface area (Å²) in [6.07, 6.45) is 4.97. The molecule has 7 rings (SSSR count). The summed E-state index contributed by atoms with van der Waals surface area (Å²) in [7, 11) is -1.96. The van der Waals surface area contributed by atoms with Crippen molar-refractivity contribution in [2.24, 2.45) is 7.05 Å². The van der Waals surface area contributed by atoms with Crippen LogP contribution in [0.2, 0.25) is 0 Å². The molecular weight excluding hydrogens is 797 g/mol. The van der Waals surface area contributed by atoms with E-state index in [0.29, 0.717) is 62.3 Å². The van der Waals surface area contributed by atoms with Gasteiger partial charge < -0.3 is 24.3 Å². The summed E-state index contributed by atoms with van der Waals surface area (Å²) < 4.78 is 54.3. The molecule has 1 saturated heterocycles. The zero-order valence-corrected chi connectivity index (χ0v) is 34.7. The number of anilines is 2. The van der Waals surface area contributed by atoms with Crippen LogP contribution < -0.4 is 21.1 Å². The van der Waals surface area contributed by atoms with Gasteiger partial charge in [-0.05, 0) is 73.7 Å². The SMILES string of the molecule is CCCCS(=O)(=O)c1cc2c(Nc3ccc4scnc4c3)ccnc2cc1OCCOCCOCCOCCCc1ccc2c(c1)n(C)c(=O)n2C1CCC(=O)NC1=O. The second-order valence-corrected chi connectivity index (χ2v) is 17.3. The number of piperidine rings is 1. The van der Waals surface area contributed by atoms with Crippen molar-refractivity contribution in [2.45, 2.75) is 56.4 Å². The van der Waals surface area contributed by atoms with Gasteiger partial charge in [-0.15, -0.1) is 11.3 Å². The molecule has 0 saturated carbocycles. The van der Waals surface area contributed by atoms with E-state index < -0.39 is 21.8 Å². The number of ether oxygens (including phenoxy) is 4. The molecule has 17 heteroatoms. The van der Waals surface area contributed by atoms with Crippen molar-refractivity contribution in [3.63, 3.8) is 0 Å². The summed E-state index contributed by atoms with van der Waals surface area (Å²) in [6, 6.07) is 16.1. The average Bonchev–Trinajstić information content (AvgIpc) is 3.79. The van der Waals surface area contributed by atoms with Crippen molar-refractivity contribution >= 4 is 76.5 Å². The minimum atomic E-state index is -3.65. The van der Waals surface area contributed by atoms with Crippen molar-refractivity contribution in [3.8, 4) is 5.75 Å². The van der Waals surface area contributed by atoms with Gasteiger partial charge in [0.25, 0.3) is 0 Å². The highest BCUT2D eigenvalue weighted by Gasteiger charge is 2.31. The fourth-order valence-corrected chi connectivity index (χ4v) is 9.35. The molecule has 1 aliphatic rings.